The van der Waals surface area contributed by atoms with Gasteiger partial charge >= 0.3 is 0 Å². The Balaban J connectivity index is 2.91. The van der Waals surface area contributed by atoms with Crippen molar-refractivity contribution in [2.24, 2.45) is 0 Å². The Hall–Kier alpha value is -0.840. The van der Waals surface area contributed by atoms with Crippen molar-refractivity contribution in [3.63, 3.8) is 0 Å². The summed E-state index contributed by atoms with van der Waals surface area (Å²) in [5.41, 5.74) is 0. The van der Waals surface area contributed by atoms with E-state index in [0.29, 0.717) is 0 Å². The van der Waals surface area contributed by atoms with Crippen LogP contribution >= 0.6 is 0 Å². The molecule has 0 unspecified atom stereocenters. The molecule has 0 bridgehead atoms. The largest absolute Gasteiger partial charge is 0.303 e. The first-order valence-corrected chi connectivity index (χ1v) is 8.22. The Morgan fingerprint density at radius 1 is 0.632 bits per heavy atom. The first-order chi connectivity index (χ1) is 9.41. The lowest BCUT2D eigenvalue weighted by Crippen LogP contribution is -1.83. The molecule has 0 fully saturated rings. The number of hydrogen-bond acceptors (Lipinski definition) is 2. The van der Waals surface area contributed by atoms with Gasteiger partial charge < -0.3 is 4.79 Å². The lowest BCUT2D eigenvalue weighted by molar-refractivity contribution is -0.107. The van der Waals surface area contributed by atoms with Crippen molar-refractivity contribution in [1.29, 1.82) is 5.26 Å². The number of nitrogens with zero attached hydrogens (tertiary/aromatic N) is 1. The summed E-state index contributed by atoms with van der Waals surface area (Å²) >= 11 is 0. The molecule has 0 aromatic rings. The average molecular weight is 265 g/mol. The quantitative estimate of drug-likeness (QED) is 0.287. The van der Waals surface area contributed by atoms with Crippen LogP contribution in [0.3, 0.4) is 0 Å². The highest BCUT2D eigenvalue weighted by Gasteiger charge is 1.94. The Kier molecular flexibility index (Phi) is 16.4. The third kappa shape index (κ3) is 17.2. The van der Waals surface area contributed by atoms with Crippen LogP contribution in [0.4, 0.5) is 0 Å². The smallest absolute Gasteiger partial charge is 0.119 e. The Labute approximate surface area is 119 Å². The summed E-state index contributed by atoms with van der Waals surface area (Å²) in [5.74, 6) is 0. The molecule has 0 saturated heterocycles. The second-order valence-electron chi connectivity index (χ2n) is 5.46. The minimum atomic E-state index is 0.729. The highest BCUT2D eigenvalue weighted by Crippen LogP contribution is 2.13. The molecular weight excluding hydrogens is 234 g/mol. The predicted octanol–water partition coefficient (Wildman–Crippen LogP) is 5.56. The maximum Gasteiger partial charge on any atom is 0.119 e. The van der Waals surface area contributed by atoms with Crippen molar-refractivity contribution < 1.29 is 4.79 Å². The van der Waals surface area contributed by atoms with Gasteiger partial charge in [-0.2, -0.15) is 5.26 Å². The number of nitriles is 1. The maximum atomic E-state index is 10.1. The van der Waals surface area contributed by atoms with E-state index in [1.54, 1.807) is 0 Å². The van der Waals surface area contributed by atoms with Gasteiger partial charge in [0.1, 0.15) is 6.29 Å². The number of rotatable bonds is 15. The van der Waals surface area contributed by atoms with E-state index < -0.39 is 0 Å². The van der Waals surface area contributed by atoms with Crippen LogP contribution in [-0.4, -0.2) is 6.29 Å². The second kappa shape index (κ2) is 17.2. The second-order valence-corrected chi connectivity index (χ2v) is 5.46. The Morgan fingerprint density at radius 2 is 1.00 bits per heavy atom. The zero-order chi connectivity index (χ0) is 14.0. The molecule has 2 nitrogen and oxygen atoms in total. The van der Waals surface area contributed by atoms with E-state index >= 15 is 0 Å². The molecule has 0 aliphatic carbocycles. The van der Waals surface area contributed by atoms with E-state index in [-0.39, 0.29) is 0 Å². The monoisotopic (exact) mass is 265 g/mol. The van der Waals surface area contributed by atoms with Gasteiger partial charge in [-0.3, -0.25) is 0 Å². The highest BCUT2D eigenvalue weighted by atomic mass is 16.1. The van der Waals surface area contributed by atoms with Gasteiger partial charge in [0.05, 0.1) is 6.07 Å². The fraction of sp³-hybridized carbons (Fsp3) is 0.882. The zero-order valence-electron chi connectivity index (χ0n) is 12.5. The summed E-state index contributed by atoms with van der Waals surface area (Å²) in [6, 6.07) is 2.20. The van der Waals surface area contributed by atoms with E-state index in [1.165, 1.54) is 70.6 Å². The minimum Gasteiger partial charge on any atom is -0.303 e. The number of aldehydes is 1. The molecule has 0 saturated carbocycles. The molecule has 0 atom stereocenters. The number of unbranched alkanes of at least 4 members (excludes halogenated alkanes) is 14. The van der Waals surface area contributed by atoms with Crippen LogP contribution in [0.2, 0.25) is 0 Å². The van der Waals surface area contributed by atoms with Crippen molar-refractivity contribution in [1.82, 2.24) is 0 Å². The lowest BCUT2D eigenvalue weighted by Gasteiger charge is -2.02. The van der Waals surface area contributed by atoms with E-state index in [4.69, 9.17) is 5.26 Å². The molecular formula is C17H31NO. The zero-order valence-corrected chi connectivity index (χ0v) is 12.5. The summed E-state index contributed by atoms with van der Waals surface area (Å²) in [7, 11) is 0. The molecule has 2 heteroatoms. The molecule has 0 N–H and O–H groups in total. The fourth-order valence-electron chi connectivity index (χ4n) is 2.38. The minimum absolute atomic E-state index is 0.729. The van der Waals surface area contributed by atoms with Crippen molar-refractivity contribution in [3.8, 4) is 6.07 Å². The number of carbonyl (C=O) groups excluding carboxylic acids is 1. The summed E-state index contributed by atoms with van der Waals surface area (Å²) < 4.78 is 0. The van der Waals surface area contributed by atoms with Gasteiger partial charge in [-0.15, -0.1) is 0 Å². The van der Waals surface area contributed by atoms with Gasteiger partial charge in [0, 0.05) is 12.8 Å². The first-order valence-electron chi connectivity index (χ1n) is 8.22. The van der Waals surface area contributed by atoms with E-state index in [2.05, 4.69) is 6.07 Å². The normalized spacial score (nSPS) is 10.3. The molecule has 19 heavy (non-hydrogen) atoms. The highest BCUT2D eigenvalue weighted by molar-refractivity contribution is 5.48. The van der Waals surface area contributed by atoms with Crippen LogP contribution in [0.25, 0.3) is 0 Å². The van der Waals surface area contributed by atoms with E-state index in [1.807, 2.05) is 0 Å². The molecule has 0 spiro atoms. The van der Waals surface area contributed by atoms with Gasteiger partial charge in [-0.1, -0.05) is 70.6 Å². The molecule has 0 aromatic carbocycles. The van der Waals surface area contributed by atoms with Crippen LogP contribution in [-0.2, 0) is 4.79 Å². The molecule has 0 aliphatic heterocycles. The van der Waals surface area contributed by atoms with Crippen molar-refractivity contribution in [2.45, 2.75) is 96.3 Å². The molecule has 0 radical (unpaired) electrons. The van der Waals surface area contributed by atoms with Gasteiger partial charge in [-0.05, 0) is 12.8 Å². The van der Waals surface area contributed by atoms with Gasteiger partial charge in [0.25, 0.3) is 0 Å². The maximum absolute atomic E-state index is 10.1. The van der Waals surface area contributed by atoms with Crippen LogP contribution in [0, 0.1) is 11.3 Å². The lowest BCUT2D eigenvalue weighted by atomic mass is 10.0. The molecule has 0 heterocycles. The molecule has 0 amide bonds. The van der Waals surface area contributed by atoms with Gasteiger partial charge in [-0.25, -0.2) is 0 Å². The first kappa shape index (κ1) is 18.2. The third-order valence-electron chi connectivity index (χ3n) is 3.61. The Morgan fingerprint density at radius 3 is 1.37 bits per heavy atom. The summed E-state index contributed by atoms with van der Waals surface area (Å²) in [4.78, 5) is 10.1. The summed E-state index contributed by atoms with van der Waals surface area (Å²) in [5, 5.41) is 8.40. The van der Waals surface area contributed by atoms with Crippen LogP contribution < -0.4 is 0 Å². The summed E-state index contributed by atoms with van der Waals surface area (Å²) in [6.07, 6.45) is 19.3. The molecule has 110 valence electrons. The standard InChI is InChI=1S/C17H31NO/c18-16-14-12-10-8-6-4-2-1-3-5-7-9-11-13-15-17-19/h17H,1-15H2. The van der Waals surface area contributed by atoms with Crippen molar-refractivity contribution in [2.75, 3.05) is 0 Å². The topological polar surface area (TPSA) is 40.9 Å². The summed E-state index contributed by atoms with van der Waals surface area (Å²) in [6.45, 7) is 0. The molecule has 0 aromatic heterocycles. The van der Waals surface area contributed by atoms with Crippen molar-refractivity contribution >= 4 is 6.29 Å². The predicted molar refractivity (Wildman–Crippen MR) is 80.9 cm³/mol. The van der Waals surface area contributed by atoms with Gasteiger partial charge in [0.2, 0.25) is 0 Å². The molecule has 0 aliphatic rings. The van der Waals surface area contributed by atoms with Crippen LogP contribution in [0.15, 0.2) is 0 Å². The fourth-order valence-corrected chi connectivity index (χ4v) is 2.38. The van der Waals surface area contributed by atoms with E-state index in [9.17, 15) is 4.79 Å². The van der Waals surface area contributed by atoms with E-state index in [0.717, 1.165) is 32.0 Å². The number of carbonyl (C=O) groups is 1. The Bertz CT molecular complexity index is 220. The van der Waals surface area contributed by atoms with Gasteiger partial charge in [0.15, 0.2) is 0 Å². The SMILES string of the molecule is N#CCCCCCCCCCCCCCCCC=O. The average Bonchev–Trinajstić information content (AvgIpc) is 2.43. The van der Waals surface area contributed by atoms with Crippen LogP contribution in [0.5, 0.6) is 0 Å². The van der Waals surface area contributed by atoms with Crippen molar-refractivity contribution in [3.05, 3.63) is 0 Å². The molecule has 0 rings (SSSR count). The third-order valence-corrected chi connectivity index (χ3v) is 3.61. The number of hydrogen-bond donors (Lipinski definition) is 0. The van der Waals surface area contributed by atoms with Crippen LogP contribution in [0.1, 0.15) is 96.3 Å².